The van der Waals surface area contributed by atoms with Gasteiger partial charge in [-0.1, -0.05) is 60.7 Å². The molecule has 6 rings (SSSR count). The zero-order valence-electron chi connectivity index (χ0n) is 24.5. The molecule has 0 aliphatic carbocycles. The van der Waals surface area contributed by atoms with Gasteiger partial charge in [-0.25, -0.2) is 24.1 Å². The molecule has 1 fully saturated rings. The van der Waals surface area contributed by atoms with E-state index >= 15 is 4.39 Å². The number of benzene rings is 3. The lowest BCUT2D eigenvalue weighted by Crippen LogP contribution is -2.37. The van der Waals surface area contributed by atoms with E-state index in [1.807, 2.05) is 78.6 Å². The number of rotatable bonds is 9. The Hall–Kier alpha value is -4.99. The Balaban J connectivity index is 1.24. The second kappa shape index (κ2) is 13.5. The van der Waals surface area contributed by atoms with Crippen molar-refractivity contribution in [2.75, 3.05) is 23.3 Å². The second-order valence-electron chi connectivity index (χ2n) is 10.8. The molecule has 0 bridgehead atoms. The molecular formula is C35H34FN7O. The number of hydrogen-bond acceptors (Lipinski definition) is 6. The summed E-state index contributed by atoms with van der Waals surface area (Å²) < 4.78 is 16.1. The third-order valence-electron chi connectivity index (χ3n) is 7.80. The summed E-state index contributed by atoms with van der Waals surface area (Å²) in [5.41, 5.74) is 5.12. The Kier molecular flexibility index (Phi) is 8.95. The maximum atomic E-state index is 16.1. The molecule has 2 N–H and O–H groups in total. The van der Waals surface area contributed by atoms with E-state index in [4.69, 9.17) is 4.98 Å². The summed E-state index contributed by atoms with van der Waals surface area (Å²) in [6.45, 7) is 4.06. The summed E-state index contributed by atoms with van der Waals surface area (Å²) in [5.74, 6) is 0.223. The summed E-state index contributed by atoms with van der Waals surface area (Å²) in [4.78, 5) is 30.6. The summed E-state index contributed by atoms with van der Waals surface area (Å²) in [5, 5.41) is 6.32. The van der Waals surface area contributed by atoms with Gasteiger partial charge in [-0.15, -0.1) is 0 Å². The average molecular weight is 588 g/mol. The number of pyridine rings is 1. The molecular weight excluding hydrogens is 553 g/mol. The predicted octanol–water partition coefficient (Wildman–Crippen LogP) is 7.05. The van der Waals surface area contributed by atoms with Crippen LogP contribution in [-0.2, 0) is 6.54 Å². The number of nitrogens with zero attached hydrogens (tertiary/aromatic N) is 5. The van der Waals surface area contributed by atoms with Crippen LogP contribution in [0.3, 0.4) is 0 Å². The zero-order valence-corrected chi connectivity index (χ0v) is 24.5. The van der Waals surface area contributed by atoms with Crippen LogP contribution in [0, 0.1) is 6.92 Å². The first-order chi connectivity index (χ1) is 21.6. The number of aryl methyl sites for hydroxylation is 1. The molecule has 2 aromatic heterocycles. The van der Waals surface area contributed by atoms with Crippen molar-refractivity contribution in [1.29, 1.82) is 0 Å². The molecule has 1 aliphatic heterocycles. The van der Waals surface area contributed by atoms with E-state index in [0.29, 0.717) is 29.2 Å². The Morgan fingerprint density at radius 1 is 0.977 bits per heavy atom. The monoisotopic (exact) mass is 587 g/mol. The van der Waals surface area contributed by atoms with E-state index in [9.17, 15) is 4.79 Å². The number of amides is 2. The molecule has 1 aliphatic rings. The topological polar surface area (TPSA) is 86.3 Å². The lowest BCUT2D eigenvalue weighted by Gasteiger charge is -2.32. The minimum atomic E-state index is -1.29. The molecule has 5 aromatic rings. The molecule has 222 valence electrons. The van der Waals surface area contributed by atoms with Crippen LogP contribution in [-0.4, -0.2) is 45.0 Å². The standard InChI is InChI=1S/C35H34FN7O/c1-25-8-5-6-12-32(25)43(34-39-21-18-31(41-34)28-11-7-19-37-22-28)35(44)40-29-15-13-27(14-16-29)33(36)42(30-17-20-38-23-30)24-26-9-3-2-4-10-26/h2-16,18-19,21-22,30,33,38H,17,20,23-24H2,1H3,(H,40,44). The summed E-state index contributed by atoms with van der Waals surface area (Å²) in [6.07, 6.45) is 4.63. The van der Waals surface area contributed by atoms with E-state index in [-0.39, 0.29) is 12.0 Å². The molecule has 2 atom stereocenters. The highest BCUT2D eigenvalue weighted by Crippen LogP contribution is 2.31. The van der Waals surface area contributed by atoms with Crippen molar-refractivity contribution in [1.82, 2.24) is 25.2 Å². The van der Waals surface area contributed by atoms with Crippen molar-refractivity contribution in [2.24, 2.45) is 0 Å². The molecule has 3 aromatic carbocycles. The van der Waals surface area contributed by atoms with Crippen molar-refractivity contribution in [2.45, 2.75) is 32.2 Å². The number of carbonyl (C=O) groups excluding carboxylic acids is 1. The maximum absolute atomic E-state index is 16.1. The van der Waals surface area contributed by atoms with Crippen LogP contribution in [0.1, 0.15) is 29.4 Å². The van der Waals surface area contributed by atoms with E-state index in [1.54, 1.807) is 48.9 Å². The summed E-state index contributed by atoms with van der Waals surface area (Å²) in [6, 6.07) is 29.6. The average Bonchev–Trinajstić information content (AvgIpc) is 3.61. The molecule has 2 amide bonds. The van der Waals surface area contributed by atoms with Crippen LogP contribution in [0.15, 0.2) is 116 Å². The minimum Gasteiger partial charge on any atom is -0.315 e. The van der Waals surface area contributed by atoms with Gasteiger partial charge in [-0.3, -0.25) is 9.88 Å². The molecule has 3 heterocycles. The zero-order chi connectivity index (χ0) is 30.3. The smallest absolute Gasteiger partial charge is 0.315 e. The number of alkyl halides is 1. The van der Waals surface area contributed by atoms with Gasteiger partial charge in [0.1, 0.15) is 0 Å². The van der Waals surface area contributed by atoms with Gasteiger partial charge in [0.05, 0.1) is 11.4 Å². The first kappa shape index (κ1) is 29.1. The Bertz CT molecular complexity index is 1680. The molecule has 2 unspecified atom stereocenters. The number of nitrogens with one attached hydrogen (secondary N) is 2. The predicted molar refractivity (Wildman–Crippen MR) is 171 cm³/mol. The number of urea groups is 1. The maximum Gasteiger partial charge on any atom is 0.333 e. The normalized spacial score (nSPS) is 15.2. The lowest BCUT2D eigenvalue weighted by molar-refractivity contribution is 0.0388. The van der Waals surface area contributed by atoms with Crippen molar-refractivity contribution in [3.63, 3.8) is 0 Å². The van der Waals surface area contributed by atoms with Gasteiger partial charge in [-0.2, -0.15) is 0 Å². The van der Waals surface area contributed by atoms with Crippen LogP contribution < -0.4 is 15.5 Å². The number of aromatic nitrogens is 3. The van der Waals surface area contributed by atoms with Crippen molar-refractivity contribution < 1.29 is 9.18 Å². The molecule has 0 spiro atoms. The van der Waals surface area contributed by atoms with Gasteiger partial charge in [-0.05, 0) is 67.4 Å². The quantitative estimate of drug-likeness (QED) is 0.180. The van der Waals surface area contributed by atoms with Crippen LogP contribution in [0.25, 0.3) is 11.3 Å². The molecule has 0 radical (unpaired) electrons. The Labute approximate surface area is 256 Å². The molecule has 0 saturated carbocycles. The first-order valence-electron chi connectivity index (χ1n) is 14.7. The second-order valence-corrected chi connectivity index (χ2v) is 10.8. The highest BCUT2D eigenvalue weighted by atomic mass is 19.1. The van der Waals surface area contributed by atoms with Gasteiger partial charge in [0, 0.05) is 54.5 Å². The fourth-order valence-corrected chi connectivity index (χ4v) is 5.46. The van der Waals surface area contributed by atoms with Crippen molar-refractivity contribution >= 4 is 23.4 Å². The van der Waals surface area contributed by atoms with Gasteiger partial charge in [0.2, 0.25) is 5.95 Å². The summed E-state index contributed by atoms with van der Waals surface area (Å²) in [7, 11) is 0. The Morgan fingerprint density at radius 3 is 2.50 bits per heavy atom. The fourth-order valence-electron chi connectivity index (χ4n) is 5.46. The molecule has 44 heavy (non-hydrogen) atoms. The van der Waals surface area contributed by atoms with Gasteiger partial charge in [0.15, 0.2) is 6.30 Å². The molecule has 8 nitrogen and oxygen atoms in total. The van der Waals surface area contributed by atoms with E-state index in [1.165, 1.54) is 4.90 Å². The van der Waals surface area contributed by atoms with Crippen LogP contribution >= 0.6 is 0 Å². The van der Waals surface area contributed by atoms with Crippen LogP contribution in [0.4, 0.5) is 26.5 Å². The van der Waals surface area contributed by atoms with Crippen LogP contribution in [0.5, 0.6) is 0 Å². The number of anilines is 3. The third kappa shape index (κ3) is 6.64. The van der Waals surface area contributed by atoms with Gasteiger partial charge >= 0.3 is 6.03 Å². The fraction of sp³-hybridized carbons (Fsp3) is 0.200. The lowest BCUT2D eigenvalue weighted by atomic mass is 10.1. The van der Waals surface area contributed by atoms with Crippen LogP contribution in [0.2, 0.25) is 0 Å². The van der Waals surface area contributed by atoms with Crippen molar-refractivity contribution in [3.05, 3.63) is 132 Å². The highest BCUT2D eigenvalue weighted by Gasteiger charge is 2.30. The van der Waals surface area contributed by atoms with E-state index in [2.05, 4.69) is 20.6 Å². The third-order valence-corrected chi connectivity index (χ3v) is 7.80. The number of hydrogen-bond donors (Lipinski definition) is 2. The largest absolute Gasteiger partial charge is 0.333 e. The van der Waals surface area contributed by atoms with Gasteiger partial charge < -0.3 is 10.6 Å². The Morgan fingerprint density at radius 2 is 1.77 bits per heavy atom. The molecule has 9 heteroatoms. The molecule has 1 saturated heterocycles. The van der Waals surface area contributed by atoms with Crippen molar-refractivity contribution in [3.8, 4) is 11.3 Å². The number of carbonyl (C=O) groups is 1. The van der Waals surface area contributed by atoms with Gasteiger partial charge in [0.25, 0.3) is 0 Å². The summed E-state index contributed by atoms with van der Waals surface area (Å²) >= 11 is 0. The van der Waals surface area contributed by atoms with E-state index < -0.39 is 12.3 Å². The number of halogens is 1. The van der Waals surface area contributed by atoms with E-state index in [0.717, 1.165) is 36.2 Å². The number of para-hydroxylation sites is 1. The SMILES string of the molecule is Cc1ccccc1N(C(=O)Nc1ccc(C(F)N(Cc2ccccc2)C2CCNC2)cc1)c1nccc(-c2cccnc2)n1. The highest BCUT2D eigenvalue weighted by molar-refractivity contribution is 6.06. The minimum absolute atomic E-state index is 0.0923. The first-order valence-corrected chi connectivity index (χ1v) is 14.7.